The number of thiophene rings is 1. The predicted molar refractivity (Wildman–Crippen MR) is 129 cm³/mol. The van der Waals surface area contributed by atoms with Gasteiger partial charge in [-0.25, -0.2) is 4.98 Å². The smallest absolute Gasteiger partial charge is 0.263 e. The van der Waals surface area contributed by atoms with Crippen molar-refractivity contribution < 1.29 is 9.53 Å². The summed E-state index contributed by atoms with van der Waals surface area (Å²) >= 11 is 2.86. The van der Waals surface area contributed by atoms with Crippen LogP contribution in [-0.2, 0) is 11.2 Å². The standard InChI is InChI=1S/C23H29N3O3S2/c1-13(2)26-22(28)19-14(3)15(4)30-21(19)25-23(26)31-16(5)20(27)24-12-11-17-7-9-18(29-6)10-8-17/h7-10,13,16H,11-12H2,1-6H3,(H,24,27). The van der Waals surface area contributed by atoms with Crippen molar-refractivity contribution in [2.45, 2.75) is 57.5 Å². The lowest BCUT2D eigenvalue weighted by atomic mass is 10.1. The minimum Gasteiger partial charge on any atom is -0.497 e. The van der Waals surface area contributed by atoms with Gasteiger partial charge in [0.25, 0.3) is 5.56 Å². The van der Waals surface area contributed by atoms with Gasteiger partial charge in [-0.2, -0.15) is 0 Å². The minimum atomic E-state index is -0.368. The predicted octanol–water partition coefficient (Wildman–Crippen LogP) is 4.50. The van der Waals surface area contributed by atoms with Gasteiger partial charge in [-0.05, 0) is 64.3 Å². The first-order valence-electron chi connectivity index (χ1n) is 10.3. The Bertz CT molecular complexity index is 1130. The van der Waals surface area contributed by atoms with Crippen LogP contribution in [0.1, 0.15) is 42.8 Å². The molecule has 0 radical (unpaired) electrons. The third-order valence-electron chi connectivity index (χ3n) is 5.24. The number of thioether (sulfide) groups is 1. The van der Waals surface area contributed by atoms with Gasteiger partial charge in [-0.3, -0.25) is 14.2 Å². The number of nitrogens with one attached hydrogen (secondary N) is 1. The highest BCUT2D eigenvalue weighted by Gasteiger charge is 2.22. The fourth-order valence-electron chi connectivity index (χ4n) is 3.30. The largest absolute Gasteiger partial charge is 0.497 e. The van der Waals surface area contributed by atoms with E-state index in [1.807, 2.05) is 58.9 Å². The second-order valence-electron chi connectivity index (χ2n) is 7.78. The molecule has 1 aromatic carbocycles. The summed E-state index contributed by atoms with van der Waals surface area (Å²) in [5.74, 6) is 0.747. The number of fused-ring (bicyclic) bond motifs is 1. The van der Waals surface area contributed by atoms with Crippen molar-refractivity contribution in [2.75, 3.05) is 13.7 Å². The van der Waals surface area contributed by atoms with Crippen LogP contribution in [0.3, 0.4) is 0 Å². The number of hydrogen-bond acceptors (Lipinski definition) is 6. The Labute approximate surface area is 191 Å². The molecule has 2 heterocycles. The number of rotatable bonds is 8. The van der Waals surface area contributed by atoms with Crippen LogP contribution in [0.5, 0.6) is 5.75 Å². The van der Waals surface area contributed by atoms with Crippen LogP contribution in [0.25, 0.3) is 10.2 Å². The maximum absolute atomic E-state index is 13.2. The molecule has 3 aromatic rings. The first-order chi connectivity index (χ1) is 14.7. The molecule has 0 bridgehead atoms. The molecule has 1 atom stereocenters. The highest BCUT2D eigenvalue weighted by atomic mass is 32.2. The highest BCUT2D eigenvalue weighted by molar-refractivity contribution is 8.00. The van der Waals surface area contributed by atoms with E-state index in [0.717, 1.165) is 33.0 Å². The third kappa shape index (κ3) is 5.13. The summed E-state index contributed by atoms with van der Waals surface area (Å²) in [5, 5.41) is 3.90. The lowest BCUT2D eigenvalue weighted by molar-refractivity contribution is -0.120. The van der Waals surface area contributed by atoms with E-state index in [2.05, 4.69) is 5.32 Å². The highest BCUT2D eigenvalue weighted by Crippen LogP contribution is 2.30. The molecule has 0 aliphatic heterocycles. The Morgan fingerprint density at radius 1 is 1.23 bits per heavy atom. The Kier molecular flexibility index (Phi) is 7.43. The topological polar surface area (TPSA) is 73.2 Å². The molecular weight excluding hydrogens is 430 g/mol. The van der Waals surface area contributed by atoms with Crippen molar-refractivity contribution in [3.63, 3.8) is 0 Å². The van der Waals surface area contributed by atoms with Gasteiger partial charge in [0, 0.05) is 17.5 Å². The van der Waals surface area contributed by atoms with E-state index in [1.165, 1.54) is 23.1 Å². The van der Waals surface area contributed by atoms with Crippen molar-refractivity contribution in [3.8, 4) is 5.75 Å². The molecular formula is C23H29N3O3S2. The van der Waals surface area contributed by atoms with E-state index in [1.54, 1.807) is 11.7 Å². The summed E-state index contributed by atoms with van der Waals surface area (Å²) in [6.45, 7) is 10.3. The number of nitrogens with zero attached hydrogens (tertiary/aromatic N) is 2. The van der Waals surface area contributed by atoms with Crippen LogP contribution in [0.2, 0.25) is 0 Å². The monoisotopic (exact) mass is 459 g/mol. The molecule has 2 aromatic heterocycles. The van der Waals surface area contributed by atoms with Gasteiger partial charge in [0.2, 0.25) is 5.91 Å². The summed E-state index contributed by atoms with van der Waals surface area (Å²) in [6.07, 6.45) is 0.738. The van der Waals surface area contributed by atoms with Gasteiger partial charge in [0.1, 0.15) is 10.6 Å². The number of hydrogen-bond donors (Lipinski definition) is 1. The number of ether oxygens (including phenoxy) is 1. The lowest BCUT2D eigenvalue weighted by Gasteiger charge is -2.18. The average Bonchev–Trinajstić information content (AvgIpc) is 3.01. The van der Waals surface area contributed by atoms with Crippen LogP contribution in [0.4, 0.5) is 0 Å². The molecule has 3 rings (SSSR count). The van der Waals surface area contributed by atoms with Crippen LogP contribution in [-0.4, -0.2) is 34.4 Å². The van der Waals surface area contributed by atoms with Crippen LogP contribution in [0, 0.1) is 13.8 Å². The van der Waals surface area contributed by atoms with Crippen molar-refractivity contribution in [1.82, 2.24) is 14.9 Å². The summed E-state index contributed by atoms with van der Waals surface area (Å²) in [4.78, 5) is 32.4. The maximum Gasteiger partial charge on any atom is 0.263 e. The molecule has 0 aliphatic carbocycles. The van der Waals surface area contributed by atoms with Gasteiger partial charge >= 0.3 is 0 Å². The number of benzene rings is 1. The van der Waals surface area contributed by atoms with E-state index in [9.17, 15) is 9.59 Å². The molecule has 166 valence electrons. The Morgan fingerprint density at radius 2 is 1.90 bits per heavy atom. The number of aromatic nitrogens is 2. The van der Waals surface area contributed by atoms with Gasteiger partial charge < -0.3 is 10.1 Å². The van der Waals surface area contributed by atoms with E-state index in [4.69, 9.17) is 9.72 Å². The molecule has 0 spiro atoms. The van der Waals surface area contributed by atoms with Crippen LogP contribution < -0.4 is 15.6 Å². The Morgan fingerprint density at radius 3 is 2.52 bits per heavy atom. The van der Waals surface area contributed by atoms with Crippen LogP contribution >= 0.6 is 23.1 Å². The Hall–Kier alpha value is -2.32. The third-order valence-corrected chi connectivity index (χ3v) is 7.41. The molecule has 1 N–H and O–H groups in total. The number of carbonyl (C=O) groups excluding carboxylic acids is 1. The zero-order chi connectivity index (χ0) is 22.7. The first kappa shape index (κ1) is 23.3. The second-order valence-corrected chi connectivity index (χ2v) is 10.3. The number of methoxy groups -OCH3 is 1. The molecule has 0 fully saturated rings. The minimum absolute atomic E-state index is 0.0311. The fourth-order valence-corrected chi connectivity index (χ4v) is 5.44. The fraction of sp³-hybridized carbons (Fsp3) is 0.435. The van der Waals surface area contributed by atoms with Gasteiger partial charge in [0.05, 0.1) is 17.7 Å². The average molecular weight is 460 g/mol. The van der Waals surface area contributed by atoms with E-state index in [0.29, 0.717) is 17.1 Å². The number of carbonyl (C=O) groups is 1. The van der Waals surface area contributed by atoms with Crippen molar-refractivity contribution >= 4 is 39.2 Å². The molecule has 0 aliphatic rings. The van der Waals surface area contributed by atoms with Crippen LogP contribution in [0.15, 0.2) is 34.2 Å². The van der Waals surface area contributed by atoms with Crippen molar-refractivity contribution in [2.24, 2.45) is 0 Å². The van der Waals surface area contributed by atoms with Gasteiger partial charge in [0.15, 0.2) is 5.16 Å². The zero-order valence-corrected chi connectivity index (χ0v) is 20.4. The SMILES string of the molecule is COc1ccc(CCNC(=O)C(C)Sc2nc3sc(C)c(C)c3c(=O)n2C(C)C)cc1. The quantitative estimate of drug-likeness (QED) is 0.396. The molecule has 31 heavy (non-hydrogen) atoms. The second kappa shape index (κ2) is 9.87. The Balaban J connectivity index is 1.71. The van der Waals surface area contributed by atoms with E-state index >= 15 is 0 Å². The van der Waals surface area contributed by atoms with Gasteiger partial charge in [-0.1, -0.05) is 23.9 Å². The number of aryl methyl sites for hydroxylation is 2. The van der Waals surface area contributed by atoms with Crippen molar-refractivity contribution in [3.05, 3.63) is 50.6 Å². The molecule has 8 heteroatoms. The molecule has 1 amide bonds. The molecule has 0 saturated heterocycles. The van der Waals surface area contributed by atoms with Crippen molar-refractivity contribution in [1.29, 1.82) is 0 Å². The lowest BCUT2D eigenvalue weighted by Crippen LogP contribution is -2.33. The summed E-state index contributed by atoms with van der Waals surface area (Å²) in [7, 11) is 1.64. The summed E-state index contributed by atoms with van der Waals surface area (Å²) < 4.78 is 6.87. The summed E-state index contributed by atoms with van der Waals surface area (Å²) in [5.41, 5.74) is 2.09. The zero-order valence-electron chi connectivity index (χ0n) is 18.8. The molecule has 1 unspecified atom stereocenters. The van der Waals surface area contributed by atoms with Gasteiger partial charge in [-0.15, -0.1) is 11.3 Å². The number of amides is 1. The van der Waals surface area contributed by atoms with E-state index < -0.39 is 0 Å². The maximum atomic E-state index is 13.2. The molecule has 6 nitrogen and oxygen atoms in total. The van der Waals surface area contributed by atoms with E-state index in [-0.39, 0.29) is 22.8 Å². The molecule has 0 saturated carbocycles. The summed E-state index contributed by atoms with van der Waals surface area (Å²) in [6, 6.07) is 7.77. The first-order valence-corrected chi connectivity index (χ1v) is 12.0. The normalized spacial score (nSPS) is 12.4.